The average Bonchev–Trinajstić information content (AvgIpc) is 3.28. The normalized spacial score (nSPS) is 37.8. The molecule has 0 N–H and O–H groups in total. The van der Waals surface area contributed by atoms with Gasteiger partial charge >= 0.3 is 0 Å². The molecule has 0 spiro atoms. The highest BCUT2D eigenvalue weighted by atomic mass is 19.3. The molecule has 1 unspecified atom stereocenters. The van der Waals surface area contributed by atoms with Crippen molar-refractivity contribution in [3.63, 3.8) is 0 Å². The van der Waals surface area contributed by atoms with E-state index in [1.807, 2.05) is 6.92 Å². The van der Waals surface area contributed by atoms with Crippen LogP contribution in [0, 0.1) is 5.92 Å². The van der Waals surface area contributed by atoms with Gasteiger partial charge in [0, 0.05) is 49.5 Å². The van der Waals surface area contributed by atoms with Gasteiger partial charge in [-0.1, -0.05) is 12.1 Å². The number of nitrogens with zero attached hydrogens (tertiary/aromatic N) is 4. The van der Waals surface area contributed by atoms with E-state index >= 15 is 8.78 Å². The number of hydrogen-bond acceptors (Lipinski definition) is 6. The van der Waals surface area contributed by atoms with Crippen LogP contribution >= 0.6 is 0 Å². The van der Waals surface area contributed by atoms with Crippen molar-refractivity contribution in [1.82, 2.24) is 19.9 Å². The largest absolute Gasteiger partial charge is 0.374 e. The predicted molar refractivity (Wildman–Crippen MR) is 138 cm³/mol. The summed E-state index contributed by atoms with van der Waals surface area (Å²) in [6.45, 7) is 7.39. The average molecular weight is 553 g/mol. The van der Waals surface area contributed by atoms with E-state index in [0.29, 0.717) is 75.0 Å². The van der Waals surface area contributed by atoms with Gasteiger partial charge in [0.2, 0.25) is 11.8 Å². The number of alkyl halides is 3. The SMILES string of the molecule is CC(C)N1[C@@H]2CC[C@H]1CC(O[C@H]1CCCC(F)(F)[C@@H]1CC(=O)N1CCC(C)(c3noc([C@@H]4C[C@@H]4F)n3)CC1)C2. The van der Waals surface area contributed by atoms with Crippen LogP contribution in [0.1, 0.15) is 109 Å². The third-order valence-corrected chi connectivity index (χ3v) is 10.3. The lowest BCUT2D eigenvalue weighted by Crippen LogP contribution is -2.52. The fourth-order valence-corrected chi connectivity index (χ4v) is 7.85. The Hall–Kier alpha value is -1.68. The summed E-state index contributed by atoms with van der Waals surface area (Å²) in [5, 5.41) is 4.11. The molecule has 1 aromatic heterocycles. The molecule has 4 heterocycles. The van der Waals surface area contributed by atoms with Crippen LogP contribution in [0.2, 0.25) is 0 Å². The zero-order chi connectivity index (χ0) is 27.5. The van der Waals surface area contributed by atoms with Gasteiger partial charge in [-0.2, -0.15) is 4.98 Å². The molecule has 2 saturated carbocycles. The van der Waals surface area contributed by atoms with Crippen molar-refractivity contribution in [2.45, 2.75) is 145 Å². The third-order valence-electron chi connectivity index (χ3n) is 10.3. The number of fused-ring (bicyclic) bond motifs is 2. The number of ether oxygens (including phenoxy) is 1. The van der Waals surface area contributed by atoms with Gasteiger partial charge in [0.25, 0.3) is 5.92 Å². The summed E-state index contributed by atoms with van der Waals surface area (Å²) in [7, 11) is 0. The maximum Gasteiger partial charge on any atom is 0.253 e. The molecule has 7 atom stereocenters. The lowest BCUT2D eigenvalue weighted by Gasteiger charge is -2.45. The molecule has 5 aliphatic rings. The van der Waals surface area contributed by atoms with Crippen LogP contribution < -0.4 is 0 Å². The van der Waals surface area contributed by atoms with Crippen LogP contribution in [-0.4, -0.2) is 81.4 Å². The second kappa shape index (κ2) is 10.3. The number of hydrogen-bond donors (Lipinski definition) is 0. The summed E-state index contributed by atoms with van der Waals surface area (Å²) in [5.74, 6) is -3.60. The number of halogens is 3. The van der Waals surface area contributed by atoms with Crippen LogP contribution in [0.15, 0.2) is 4.52 Å². The Labute approximate surface area is 229 Å². The highest BCUT2D eigenvalue weighted by Crippen LogP contribution is 2.46. The van der Waals surface area contributed by atoms with Gasteiger partial charge in [-0.3, -0.25) is 9.69 Å². The Morgan fingerprint density at radius 2 is 1.77 bits per heavy atom. The maximum atomic E-state index is 15.3. The van der Waals surface area contributed by atoms with Crippen LogP contribution in [0.3, 0.4) is 0 Å². The van der Waals surface area contributed by atoms with Gasteiger partial charge in [-0.25, -0.2) is 13.2 Å². The topological polar surface area (TPSA) is 71.7 Å². The lowest BCUT2D eigenvalue weighted by atomic mass is 9.78. The zero-order valence-corrected chi connectivity index (χ0v) is 23.5. The molecule has 1 amide bonds. The summed E-state index contributed by atoms with van der Waals surface area (Å²) < 4.78 is 55.7. The molecule has 3 aliphatic heterocycles. The van der Waals surface area contributed by atoms with Crippen LogP contribution in [0.25, 0.3) is 0 Å². The first-order valence-electron chi connectivity index (χ1n) is 15.1. The highest BCUT2D eigenvalue weighted by Gasteiger charge is 2.51. The first-order valence-corrected chi connectivity index (χ1v) is 15.1. The number of carbonyl (C=O) groups is 1. The Balaban J connectivity index is 1.06. The van der Waals surface area contributed by atoms with Crippen LogP contribution in [0.4, 0.5) is 13.2 Å². The van der Waals surface area contributed by atoms with Crippen molar-refractivity contribution in [2.24, 2.45) is 5.92 Å². The summed E-state index contributed by atoms with van der Waals surface area (Å²) in [4.78, 5) is 22.1. The van der Waals surface area contributed by atoms with E-state index in [4.69, 9.17) is 9.26 Å². The first kappa shape index (κ1) is 27.5. The van der Waals surface area contributed by atoms with Gasteiger partial charge in [-0.05, 0) is 71.6 Å². The molecule has 218 valence electrons. The summed E-state index contributed by atoms with van der Waals surface area (Å²) in [6, 6.07) is 1.43. The van der Waals surface area contributed by atoms with Gasteiger partial charge in [0.15, 0.2) is 5.82 Å². The molecule has 10 heteroatoms. The Kier molecular flexibility index (Phi) is 7.26. The molecule has 39 heavy (non-hydrogen) atoms. The summed E-state index contributed by atoms with van der Waals surface area (Å²) >= 11 is 0. The molecule has 7 nitrogen and oxygen atoms in total. The number of amides is 1. The van der Waals surface area contributed by atoms with E-state index in [0.717, 1.165) is 25.7 Å². The van der Waals surface area contributed by atoms with E-state index < -0.39 is 24.1 Å². The first-order chi connectivity index (χ1) is 18.5. The molecule has 3 saturated heterocycles. The minimum absolute atomic E-state index is 0.00661. The van der Waals surface area contributed by atoms with Crippen molar-refractivity contribution in [3.05, 3.63) is 11.7 Å². The molecule has 0 radical (unpaired) electrons. The van der Waals surface area contributed by atoms with Crippen molar-refractivity contribution in [3.8, 4) is 0 Å². The van der Waals surface area contributed by atoms with Crippen molar-refractivity contribution in [1.29, 1.82) is 0 Å². The maximum absolute atomic E-state index is 15.3. The van der Waals surface area contributed by atoms with Gasteiger partial charge in [0.05, 0.1) is 24.0 Å². The molecule has 6 rings (SSSR count). The van der Waals surface area contributed by atoms with Gasteiger partial charge < -0.3 is 14.2 Å². The third kappa shape index (κ3) is 5.36. The number of rotatable bonds is 7. The number of piperidine rings is 2. The fraction of sp³-hybridized carbons (Fsp3) is 0.897. The van der Waals surface area contributed by atoms with Crippen LogP contribution in [-0.2, 0) is 14.9 Å². The molecule has 2 aliphatic carbocycles. The molecular formula is C29H43F3N4O3. The minimum atomic E-state index is -2.90. The Morgan fingerprint density at radius 3 is 2.38 bits per heavy atom. The fourth-order valence-electron chi connectivity index (χ4n) is 7.85. The number of likely N-dealkylation sites (tertiary alicyclic amines) is 1. The zero-order valence-electron chi connectivity index (χ0n) is 23.5. The number of carbonyl (C=O) groups excluding carboxylic acids is 1. The minimum Gasteiger partial charge on any atom is -0.374 e. The van der Waals surface area contributed by atoms with E-state index in [-0.39, 0.29) is 36.2 Å². The Bertz CT molecular complexity index is 1030. The second-order valence-electron chi connectivity index (χ2n) is 13.4. The molecular weight excluding hydrogens is 509 g/mol. The van der Waals surface area contributed by atoms with E-state index in [1.54, 1.807) is 4.90 Å². The van der Waals surface area contributed by atoms with Gasteiger partial charge in [0.1, 0.15) is 6.17 Å². The molecule has 2 bridgehead atoms. The van der Waals surface area contributed by atoms with Gasteiger partial charge in [-0.15, -0.1) is 0 Å². The van der Waals surface area contributed by atoms with Crippen LogP contribution in [0.5, 0.6) is 0 Å². The summed E-state index contributed by atoms with van der Waals surface area (Å²) in [5.41, 5.74) is -0.385. The predicted octanol–water partition coefficient (Wildman–Crippen LogP) is 5.39. The lowest BCUT2D eigenvalue weighted by molar-refractivity contribution is -0.182. The van der Waals surface area contributed by atoms with Crippen molar-refractivity contribution in [2.75, 3.05) is 13.1 Å². The number of aromatic nitrogens is 2. The monoisotopic (exact) mass is 552 g/mol. The Morgan fingerprint density at radius 1 is 1.10 bits per heavy atom. The molecule has 1 aromatic rings. The summed E-state index contributed by atoms with van der Waals surface area (Å²) in [6.07, 6.45) is 4.91. The van der Waals surface area contributed by atoms with E-state index in [2.05, 4.69) is 28.9 Å². The quantitative estimate of drug-likeness (QED) is 0.452. The molecule has 0 aromatic carbocycles. The van der Waals surface area contributed by atoms with E-state index in [9.17, 15) is 9.18 Å². The smallest absolute Gasteiger partial charge is 0.253 e. The second-order valence-corrected chi connectivity index (χ2v) is 13.4. The van der Waals surface area contributed by atoms with E-state index in [1.165, 1.54) is 0 Å². The highest BCUT2D eigenvalue weighted by molar-refractivity contribution is 5.76. The van der Waals surface area contributed by atoms with Crippen molar-refractivity contribution < 1.29 is 27.2 Å². The van der Waals surface area contributed by atoms with Crippen molar-refractivity contribution >= 4 is 5.91 Å². The molecule has 5 fully saturated rings. The standard InChI is InChI=1S/C29H43F3N4O3/c1-17(2)36-18-6-7-19(36)14-20(13-18)38-24-5-4-8-29(31,32)22(24)16-25(37)35-11-9-28(3,10-12-35)27-33-26(39-34-27)21-15-23(21)30/h17-24H,4-16H2,1-3H3/t18-,19+,20?,21-,22-,23+,24+/m1/s1.